The lowest BCUT2D eigenvalue weighted by Gasteiger charge is -2.15. The normalized spacial score (nSPS) is 11.6. The molecular weight excluding hydrogens is 318 g/mol. The van der Waals surface area contributed by atoms with E-state index in [0.717, 1.165) is 11.1 Å². The van der Waals surface area contributed by atoms with Crippen molar-refractivity contribution in [2.75, 3.05) is 0 Å². The number of carbonyl (C=O) groups excluding carboxylic acids is 1. The maximum absolute atomic E-state index is 11.8. The van der Waals surface area contributed by atoms with E-state index in [2.05, 4.69) is 5.32 Å². The Morgan fingerprint density at radius 3 is 2.52 bits per heavy atom. The lowest BCUT2D eigenvalue weighted by molar-refractivity contribution is -0.139. The molecular formula is C17H16ClNO4. The highest BCUT2D eigenvalue weighted by atomic mass is 35.5. The van der Waals surface area contributed by atoms with Crippen molar-refractivity contribution < 1.29 is 19.4 Å². The molecule has 0 spiro atoms. The number of hydrogen-bond donors (Lipinski definition) is 2. The zero-order valence-electron chi connectivity index (χ0n) is 12.5. The number of benzene rings is 2. The van der Waals surface area contributed by atoms with Gasteiger partial charge >= 0.3 is 12.1 Å². The summed E-state index contributed by atoms with van der Waals surface area (Å²) in [6, 6.07) is 12.7. The number of nitrogens with one attached hydrogen (secondary N) is 1. The van der Waals surface area contributed by atoms with Gasteiger partial charge in [0, 0.05) is 5.02 Å². The minimum atomic E-state index is -1.23. The molecule has 0 saturated carbocycles. The van der Waals surface area contributed by atoms with Gasteiger partial charge in [-0.1, -0.05) is 54.1 Å². The number of carboxylic acids is 1. The topological polar surface area (TPSA) is 75.6 Å². The molecule has 1 amide bonds. The largest absolute Gasteiger partial charge is 0.479 e. The second-order valence-corrected chi connectivity index (χ2v) is 5.39. The number of amides is 1. The number of halogens is 1. The van der Waals surface area contributed by atoms with Crippen molar-refractivity contribution in [3.63, 3.8) is 0 Å². The zero-order valence-corrected chi connectivity index (χ0v) is 13.2. The highest BCUT2D eigenvalue weighted by molar-refractivity contribution is 6.31. The maximum atomic E-state index is 11.8. The number of carbonyl (C=O) groups is 2. The van der Waals surface area contributed by atoms with Gasteiger partial charge in [-0.3, -0.25) is 0 Å². The number of ether oxygens (including phenoxy) is 1. The summed E-state index contributed by atoms with van der Waals surface area (Å²) in [6.45, 7) is 1.87. The Bertz CT molecular complexity index is 703. The van der Waals surface area contributed by atoms with Crippen LogP contribution in [0, 0.1) is 6.92 Å². The van der Waals surface area contributed by atoms with Crippen LogP contribution in [0.2, 0.25) is 5.02 Å². The van der Waals surface area contributed by atoms with Gasteiger partial charge in [-0.05, 0) is 29.7 Å². The highest BCUT2D eigenvalue weighted by Gasteiger charge is 2.23. The molecule has 0 heterocycles. The van der Waals surface area contributed by atoms with Crippen LogP contribution < -0.4 is 5.32 Å². The third-order valence-corrected chi connectivity index (χ3v) is 3.66. The number of rotatable bonds is 5. The number of carboxylic acid groups (broad SMARTS) is 1. The third-order valence-electron chi connectivity index (χ3n) is 3.25. The first-order valence-corrected chi connectivity index (χ1v) is 7.31. The molecule has 0 aliphatic rings. The molecule has 2 rings (SSSR count). The molecule has 1 atom stereocenters. The fourth-order valence-electron chi connectivity index (χ4n) is 1.96. The van der Waals surface area contributed by atoms with Gasteiger partial charge in [0.15, 0.2) is 6.04 Å². The molecule has 0 aliphatic heterocycles. The Hall–Kier alpha value is -2.53. The Morgan fingerprint density at radius 2 is 1.91 bits per heavy atom. The van der Waals surface area contributed by atoms with Crippen molar-refractivity contribution in [3.05, 3.63) is 70.2 Å². The Kier molecular flexibility index (Phi) is 5.60. The molecule has 23 heavy (non-hydrogen) atoms. The standard InChI is InChI=1S/C17H16ClNO4/c1-11-7-8-13(9-14(11)18)15(16(20)21)19-17(22)23-10-12-5-3-2-4-6-12/h2-9,15H,10H2,1H3,(H,19,22)(H,20,21). The van der Waals surface area contributed by atoms with E-state index in [9.17, 15) is 14.7 Å². The van der Waals surface area contributed by atoms with E-state index >= 15 is 0 Å². The summed E-state index contributed by atoms with van der Waals surface area (Å²) in [4.78, 5) is 23.2. The van der Waals surface area contributed by atoms with Crippen LogP contribution in [0.1, 0.15) is 22.7 Å². The number of aryl methyl sites for hydroxylation is 1. The molecule has 1 unspecified atom stereocenters. The van der Waals surface area contributed by atoms with Gasteiger partial charge in [0.05, 0.1) is 0 Å². The van der Waals surface area contributed by atoms with Crippen LogP contribution in [0.3, 0.4) is 0 Å². The lowest BCUT2D eigenvalue weighted by Crippen LogP contribution is -2.34. The first kappa shape index (κ1) is 16.8. The van der Waals surface area contributed by atoms with Crippen LogP contribution in [0.5, 0.6) is 0 Å². The van der Waals surface area contributed by atoms with Crippen molar-refractivity contribution in [1.29, 1.82) is 0 Å². The Morgan fingerprint density at radius 1 is 1.22 bits per heavy atom. The molecule has 2 aromatic rings. The second kappa shape index (κ2) is 7.65. The molecule has 6 heteroatoms. The second-order valence-electron chi connectivity index (χ2n) is 4.99. The summed E-state index contributed by atoms with van der Waals surface area (Å²) in [5, 5.41) is 12.1. The van der Waals surface area contributed by atoms with E-state index in [1.165, 1.54) is 6.07 Å². The number of alkyl carbamates (subject to hydrolysis) is 1. The minimum absolute atomic E-state index is 0.0632. The van der Waals surface area contributed by atoms with Gasteiger partial charge in [0.25, 0.3) is 0 Å². The molecule has 120 valence electrons. The summed E-state index contributed by atoms with van der Waals surface area (Å²) >= 11 is 6.00. The molecule has 0 radical (unpaired) electrons. The van der Waals surface area contributed by atoms with E-state index in [4.69, 9.17) is 16.3 Å². The average Bonchev–Trinajstić information content (AvgIpc) is 2.54. The molecule has 0 bridgehead atoms. The molecule has 2 N–H and O–H groups in total. The predicted molar refractivity (Wildman–Crippen MR) is 86.3 cm³/mol. The van der Waals surface area contributed by atoms with Gasteiger partial charge in [-0.15, -0.1) is 0 Å². The fourth-order valence-corrected chi connectivity index (χ4v) is 2.15. The summed E-state index contributed by atoms with van der Waals surface area (Å²) in [7, 11) is 0. The van der Waals surface area contributed by atoms with Crippen molar-refractivity contribution in [3.8, 4) is 0 Å². The van der Waals surface area contributed by atoms with Crippen molar-refractivity contribution >= 4 is 23.7 Å². The maximum Gasteiger partial charge on any atom is 0.408 e. The van der Waals surface area contributed by atoms with E-state index in [-0.39, 0.29) is 6.61 Å². The summed E-state index contributed by atoms with van der Waals surface area (Å²) in [5.74, 6) is -1.19. The van der Waals surface area contributed by atoms with Gasteiger partial charge < -0.3 is 15.2 Å². The molecule has 0 saturated heterocycles. The zero-order chi connectivity index (χ0) is 16.8. The van der Waals surface area contributed by atoms with Crippen LogP contribution in [-0.2, 0) is 16.1 Å². The van der Waals surface area contributed by atoms with Crippen LogP contribution in [0.15, 0.2) is 48.5 Å². The smallest absolute Gasteiger partial charge is 0.408 e. The number of aliphatic carboxylic acids is 1. The highest BCUT2D eigenvalue weighted by Crippen LogP contribution is 2.22. The number of hydrogen-bond acceptors (Lipinski definition) is 3. The Balaban J connectivity index is 2.02. The summed E-state index contributed by atoms with van der Waals surface area (Å²) in [5.41, 5.74) is 2.02. The summed E-state index contributed by atoms with van der Waals surface area (Å²) in [6.07, 6.45) is -0.807. The quantitative estimate of drug-likeness (QED) is 0.874. The van der Waals surface area contributed by atoms with Crippen molar-refractivity contribution in [2.24, 2.45) is 0 Å². The van der Waals surface area contributed by atoms with Crippen molar-refractivity contribution in [2.45, 2.75) is 19.6 Å². The van der Waals surface area contributed by atoms with Crippen LogP contribution >= 0.6 is 11.6 Å². The molecule has 0 fully saturated rings. The lowest BCUT2D eigenvalue weighted by atomic mass is 10.1. The third kappa shape index (κ3) is 4.72. The van der Waals surface area contributed by atoms with E-state index in [1.54, 1.807) is 12.1 Å². The van der Waals surface area contributed by atoms with E-state index < -0.39 is 18.1 Å². The van der Waals surface area contributed by atoms with Crippen molar-refractivity contribution in [1.82, 2.24) is 5.32 Å². The molecule has 5 nitrogen and oxygen atoms in total. The predicted octanol–water partition coefficient (Wildman–Crippen LogP) is 3.70. The van der Waals surface area contributed by atoms with Gasteiger partial charge in [0.2, 0.25) is 0 Å². The Labute approximate surface area is 138 Å². The minimum Gasteiger partial charge on any atom is -0.479 e. The molecule has 0 aromatic heterocycles. The summed E-state index contributed by atoms with van der Waals surface area (Å²) < 4.78 is 5.04. The average molecular weight is 334 g/mol. The first-order chi connectivity index (χ1) is 11.0. The van der Waals surface area contributed by atoms with Gasteiger partial charge in [-0.2, -0.15) is 0 Å². The van der Waals surface area contributed by atoms with Crippen LogP contribution in [0.25, 0.3) is 0 Å². The SMILES string of the molecule is Cc1ccc(C(NC(=O)OCc2ccccc2)C(=O)O)cc1Cl. The monoisotopic (exact) mass is 333 g/mol. The van der Waals surface area contributed by atoms with Crippen LogP contribution in [0.4, 0.5) is 4.79 Å². The van der Waals surface area contributed by atoms with Gasteiger partial charge in [0.1, 0.15) is 6.61 Å². The van der Waals surface area contributed by atoms with E-state index in [0.29, 0.717) is 10.6 Å². The fraction of sp³-hybridized carbons (Fsp3) is 0.176. The molecule has 2 aromatic carbocycles. The first-order valence-electron chi connectivity index (χ1n) is 6.93. The molecule has 0 aliphatic carbocycles. The van der Waals surface area contributed by atoms with Gasteiger partial charge in [-0.25, -0.2) is 9.59 Å². The van der Waals surface area contributed by atoms with E-state index in [1.807, 2.05) is 37.3 Å². The van der Waals surface area contributed by atoms with Crippen LogP contribution in [-0.4, -0.2) is 17.2 Å².